The van der Waals surface area contributed by atoms with Gasteiger partial charge in [-0.25, -0.2) is 4.98 Å². The molecule has 1 saturated heterocycles. The molecule has 2 aromatic heterocycles. The maximum atomic E-state index is 12.6. The first kappa shape index (κ1) is 19.4. The number of piperidine rings is 1. The first-order valence-electron chi connectivity index (χ1n) is 10.2. The minimum absolute atomic E-state index is 0.0438. The number of amides is 1. The van der Waals surface area contributed by atoms with Gasteiger partial charge >= 0.3 is 0 Å². The second-order valence-electron chi connectivity index (χ2n) is 8.02. The first-order valence-corrected chi connectivity index (χ1v) is 10.2. The van der Waals surface area contributed by atoms with Crippen molar-refractivity contribution in [3.8, 4) is 0 Å². The zero-order valence-electron chi connectivity index (χ0n) is 17.6. The number of aromatic nitrogens is 2. The summed E-state index contributed by atoms with van der Waals surface area (Å²) in [7, 11) is 0. The summed E-state index contributed by atoms with van der Waals surface area (Å²) < 4.78 is 5.81. The van der Waals surface area contributed by atoms with Crippen molar-refractivity contribution in [2.75, 3.05) is 18.0 Å². The van der Waals surface area contributed by atoms with Gasteiger partial charge in [-0.05, 0) is 46.1 Å². The lowest BCUT2D eigenvalue weighted by Gasteiger charge is -2.32. The number of fused-ring (bicyclic) bond motifs is 1. The Morgan fingerprint density at radius 3 is 2.48 bits per heavy atom. The average molecular weight is 393 g/mol. The van der Waals surface area contributed by atoms with Gasteiger partial charge in [-0.3, -0.25) is 4.79 Å². The van der Waals surface area contributed by atoms with E-state index < -0.39 is 0 Å². The highest BCUT2D eigenvalue weighted by molar-refractivity contribution is 5.90. The van der Waals surface area contributed by atoms with Crippen LogP contribution in [0.5, 0.6) is 0 Å². The lowest BCUT2D eigenvalue weighted by atomic mass is 9.95. The van der Waals surface area contributed by atoms with Crippen molar-refractivity contribution >= 4 is 22.8 Å². The Kier molecular flexibility index (Phi) is 5.26. The molecule has 1 aromatic carbocycles. The summed E-state index contributed by atoms with van der Waals surface area (Å²) in [6, 6.07) is 8.28. The highest BCUT2D eigenvalue weighted by Gasteiger charge is 2.28. The summed E-state index contributed by atoms with van der Waals surface area (Å²) in [6.45, 7) is 10.2. The summed E-state index contributed by atoms with van der Waals surface area (Å²) >= 11 is 0. The van der Waals surface area contributed by atoms with Crippen molar-refractivity contribution < 1.29 is 9.21 Å². The molecule has 0 saturated carbocycles. The van der Waals surface area contributed by atoms with E-state index in [0.29, 0.717) is 18.1 Å². The largest absolute Gasteiger partial charge is 0.443 e. The number of hydrogen-bond acceptors (Lipinski definition) is 5. The molecule has 0 bridgehead atoms. The van der Waals surface area contributed by atoms with Crippen LogP contribution in [0.4, 0.5) is 5.82 Å². The van der Waals surface area contributed by atoms with E-state index in [1.165, 1.54) is 5.56 Å². The molecule has 1 aliphatic rings. The molecule has 29 heavy (non-hydrogen) atoms. The zero-order valence-corrected chi connectivity index (χ0v) is 17.6. The Morgan fingerprint density at radius 2 is 1.79 bits per heavy atom. The molecule has 6 heteroatoms. The van der Waals surface area contributed by atoms with E-state index >= 15 is 0 Å². The van der Waals surface area contributed by atoms with E-state index in [9.17, 15) is 4.79 Å². The normalized spacial score (nSPS) is 15.1. The third-order valence-electron chi connectivity index (χ3n) is 5.87. The molecule has 1 N–H and O–H groups in total. The summed E-state index contributed by atoms with van der Waals surface area (Å²) in [4.78, 5) is 24.1. The van der Waals surface area contributed by atoms with Gasteiger partial charge in [-0.1, -0.05) is 29.8 Å². The van der Waals surface area contributed by atoms with E-state index in [4.69, 9.17) is 9.40 Å². The predicted molar refractivity (Wildman–Crippen MR) is 114 cm³/mol. The van der Waals surface area contributed by atoms with Gasteiger partial charge in [0.25, 0.3) is 0 Å². The topological polar surface area (TPSA) is 71.3 Å². The van der Waals surface area contributed by atoms with Gasteiger partial charge < -0.3 is 14.6 Å². The Bertz CT molecular complexity index is 1030. The molecular formula is C23H28N4O2. The van der Waals surface area contributed by atoms with Crippen molar-refractivity contribution in [2.45, 2.75) is 47.1 Å². The Balaban J connectivity index is 1.41. The Hall–Kier alpha value is -2.89. The van der Waals surface area contributed by atoms with E-state index in [-0.39, 0.29) is 11.8 Å². The second-order valence-corrected chi connectivity index (χ2v) is 8.02. The minimum Gasteiger partial charge on any atom is -0.443 e. The molecule has 0 atom stereocenters. The van der Waals surface area contributed by atoms with Gasteiger partial charge in [-0.15, -0.1) is 0 Å². The van der Waals surface area contributed by atoms with Crippen molar-refractivity contribution in [3.05, 3.63) is 52.5 Å². The number of nitrogens with zero attached hydrogens (tertiary/aromatic N) is 3. The van der Waals surface area contributed by atoms with Crippen LogP contribution in [0.1, 0.15) is 41.1 Å². The number of furan rings is 1. The lowest BCUT2D eigenvalue weighted by Crippen LogP contribution is -2.40. The monoisotopic (exact) mass is 392 g/mol. The van der Waals surface area contributed by atoms with Crippen molar-refractivity contribution in [3.63, 3.8) is 0 Å². The lowest BCUT2D eigenvalue weighted by molar-refractivity contribution is -0.125. The molecule has 1 amide bonds. The van der Waals surface area contributed by atoms with Crippen LogP contribution < -0.4 is 10.2 Å². The number of nitrogens with one attached hydrogen (secondary N) is 1. The molecule has 1 aliphatic heterocycles. The quantitative estimate of drug-likeness (QED) is 0.727. The highest BCUT2D eigenvalue weighted by atomic mass is 16.3. The van der Waals surface area contributed by atoms with Crippen LogP contribution >= 0.6 is 0 Å². The van der Waals surface area contributed by atoms with Crippen LogP contribution in [0.3, 0.4) is 0 Å². The van der Waals surface area contributed by atoms with Crippen LogP contribution in [-0.4, -0.2) is 29.0 Å². The fraction of sp³-hybridized carbons (Fsp3) is 0.435. The molecule has 1 fully saturated rings. The molecular weight excluding hydrogens is 364 g/mol. The maximum Gasteiger partial charge on any atom is 0.231 e. The molecule has 0 unspecified atom stereocenters. The predicted octanol–water partition coefficient (Wildman–Crippen LogP) is 3.99. The minimum atomic E-state index is 0.0438. The summed E-state index contributed by atoms with van der Waals surface area (Å²) in [5.74, 6) is 2.71. The third kappa shape index (κ3) is 3.97. The molecule has 4 rings (SSSR count). The van der Waals surface area contributed by atoms with Gasteiger partial charge in [0, 0.05) is 31.1 Å². The summed E-state index contributed by atoms with van der Waals surface area (Å²) in [5, 5.41) is 4.09. The fourth-order valence-corrected chi connectivity index (χ4v) is 3.95. The fourth-order valence-electron chi connectivity index (χ4n) is 3.95. The number of anilines is 1. The number of hydrogen-bond donors (Lipinski definition) is 1. The van der Waals surface area contributed by atoms with Crippen molar-refractivity contribution in [1.29, 1.82) is 0 Å². The molecule has 3 heterocycles. The first-order chi connectivity index (χ1) is 13.9. The molecule has 0 spiro atoms. The van der Waals surface area contributed by atoms with Crippen molar-refractivity contribution in [2.24, 2.45) is 5.92 Å². The highest BCUT2D eigenvalue weighted by Crippen LogP contribution is 2.33. The Morgan fingerprint density at radius 1 is 1.10 bits per heavy atom. The number of benzene rings is 1. The number of carbonyl (C=O) groups is 1. The smallest absolute Gasteiger partial charge is 0.231 e. The number of rotatable bonds is 4. The van der Waals surface area contributed by atoms with Crippen LogP contribution in [-0.2, 0) is 11.3 Å². The average Bonchev–Trinajstić information content (AvgIpc) is 3.00. The maximum absolute atomic E-state index is 12.6. The van der Waals surface area contributed by atoms with Crippen LogP contribution in [0.2, 0.25) is 0 Å². The van der Waals surface area contributed by atoms with E-state index in [1.807, 2.05) is 13.8 Å². The van der Waals surface area contributed by atoms with Crippen LogP contribution in [0.15, 0.2) is 28.7 Å². The summed E-state index contributed by atoms with van der Waals surface area (Å²) in [5.41, 5.74) is 4.10. The molecule has 6 nitrogen and oxygen atoms in total. The number of aryl methyl sites for hydroxylation is 4. The van der Waals surface area contributed by atoms with Gasteiger partial charge in [0.1, 0.15) is 17.4 Å². The van der Waals surface area contributed by atoms with Crippen LogP contribution in [0.25, 0.3) is 11.1 Å². The van der Waals surface area contributed by atoms with Gasteiger partial charge in [0.05, 0.1) is 5.39 Å². The Labute approximate surface area is 171 Å². The van der Waals surface area contributed by atoms with Gasteiger partial charge in [0.2, 0.25) is 11.6 Å². The molecule has 152 valence electrons. The zero-order chi connectivity index (χ0) is 20.5. The standard InChI is InChI=1S/C23H28N4O2/c1-14-5-7-18(8-6-14)13-24-22(28)19-9-11-27(12-10-19)21-20-15(2)16(3)29-23(20)26-17(4)25-21/h5-8,19H,9-13H2,1-4H3,(H,24,28). The SMILES string of the molecule is Cc1ccc(CNC(=O)C2CCN(c3nc(C)nc4oc(C)c(C)c34)CC2)cc1. The van der Waals surface area contributed by atoms with Gasteiger partial charge in [0.15, 0.2) is 0 Å². The number of carbonyl (C=O) groups excluding carboxylic acids is 1. The van der Waals surface area contributed by atoms with Crippen molar-refractivity contribution in [1.82, 2.24) is 15.3 Å². The van der Waals surface area contributed by atoms with E-state index in [1.54, 1.807) is 0 Å². The van der Waals surface area contributed by atoms with Crippen LogP contribution in [0, 0.1) is 33.6 Å². The summed E-state index contributed by atoms with van der Waals surface area (Å²) in [6.07, 6.45) is 1.64. The van der Waals surface area contributed by atoms with Gasteiger partial charge in [-0.2, -0.15) is 4.98 Å². The van der Waals surface area contributed by atoms with E-state index in [0.717, 1.165) is 54.0 Å². The third-order valence-corrected chi connectivity index (χ3v) is 5.87. The molecule has 0 aliphatic carbocycles. The molecule has 0 radical (unpaired) electrons. The second kappa shape index (κ2) is 7.85. The molecule has 3 aromatic rings. The van der Waals surface area contributed by atoms with E-state index in [2.05, 4.69) is 53.3 Å².